The molecule has 3 atom stereocenters. The maximum Gasteiger partial charge on any atom is 0.339 e. The summed E-state index contributed by atoms with van der Waals surface area (Å²) in [7, 11) is 0. The van der Waals surface area contributed by atoms with E-state index in [1.165, 1.54) is 11.1 Å². The predicted molar refractivity (Wildman–Crippen MR) is 107 cm³/mol. The molecule has 0 amide bonds. The van der Waals surface area contributed by atoms with E-state index in [1.807, 2.05) is 42.5 Å². The number of aryl methyl sites for hydroxylation is 1. The lowest BCUT2D eigenvalue weighted by molar-refractivity contribution is -0.159. The van der Waals surface area contributed by atoms with Crippen molar-refractivity contribution in [2.24, 2.45) is 0 Å². The van der Waals surface area contributed by atoms with E-state index in [0.29, 0.717) is 0 Å². The molecule has 1 fully saturated rings. The summed E-state index contributed by atoms with van der Waals surface area (Å²) in [5.74, 6) is -0.322. The molecular weight excluding hydrogens is 336 g/mol. The summed E-state index contributed by atoms with van der Waals surface area (Å²) in [5, 5.41) is 10.1. The summed E-state index contributed by atoms with van der Waals surface area (Å²) in [6, 6.07) is 20.4. The second kappa shape index (κ2) is 10.1. The highest BCUT2D eigenvalue weighted by Gasteiger charge is 2.30. The van der Waals surface area contributed by atoms with Gasteiger partial charge in [0.25, 0.3) is 0 Å². The molecule has 0 aromatic heterocycles. The molecule has 3 rings (SSSR count). The van der Waals surface area contributed by atoms with Crippen LogP contribution in [0.15, 0.2) is 72.8 Å². The van der Waals surface area contributed by atoms with Crippen LogP contribution in [0.3, 0.4) is 0 Å². The molecule has 0 bridgehead atoms. The van der Waals surface area contributed by atoms with Gasteiger partial charge in [0.05, 0.1) is 0 Å². The van der Waals surface area contributed by atoms with E-state index in [-0.39, 0.29) is 12.0 Å². The predicted octanol–water partition coefficient (Wildman–Crippen LogP) is 4.81. The first-order valence-electron chi connectivity index (χ1n) is 9.88. The third-order valence-corrected chi connectivity index (χ3v) is 5.20. The van der Waals surface area contributed by atoms with Crippen molar-refractivity contribution in [2.75, 3.05) is 0 Å². The van der Waals surface area contributed by atoms with E-state index in [0.717, 1.165) is 38.5 Å². The monoisotopic (exact) mass is 364 g/mol. The summed E-state index contributed by atoms with van der Waals surface area (Å²) >= 11 is 0. The molecular formula is C24H28O3. The quantitative estimate of drug-likeness (QED) is 0.567. The van der Waals surface area contributed by atoms with Crippen LogP contribution in [-0.2, 0) is 16.0 Å². The number of esters is 1. The topological polar surface area (TPSA) is 46.5 Å². The van der Waals surface area contributed by atoms with Gasteiger partial charge >= 0.3 is 5.97 Å². The lowest BCUT2D eigenvalue weighted by Crippen LogP contribution is -2.32. The average molecular weight is 364 g/mol. The van der Waals surface area contributed by atoms with Crippen LogP contribution in [0.1, 0.15) is 49.1 Å². The third-order valence-electron chi connectivity index (χ3n) is 5.20. The highest BCUT2D eigenvalue weighted by atomic mass is 16.6. The zero-order valence-electron chi connectivity index (χ0n) is 15.7. The lowest BCUT2D eigenvalue weighted by Gasteiger charge is -2.31. The molecule has 2 aromatic carbocycles. The van der Waals surface area contributed by atoms with E-state index in [1.54, 1.807) is 6.08 Å². The highest BCUT2D eigenvalue weighted by Crippen LogP contribution is 2.35. The van der Waals surface area contributed by atoms with Crippen molar-refractivity contribution in [1.29, 1.82) is 0 Å². The van der Waals surface area contributed by atoms with E-state index in [2.05, 4.69) is 24.3 Å². The van der Waals surface area contributed by atoms with Crippen molar-refractivity contribution in [3.05, 3.63) is 83.9 Å². The van der Waals surface area contributed by atoms with Crippen molar-refractivity contribution >= 4 is 5.97 Å². The molecule has 1 aliphatic rings. The summed E-state index contributed by atoms with van der Waals surface area (Å²) in [5.41, 5.74) is 2.45. The first-order valence-corrected chi connectivity index (χ1v) is 9.88. The molecule has 3 heteroatoms. The van der Waals surface area contributed by atoms with Crippen LogP contribution in [0, 0.1) is 0 Å². The van der Waals surface area contributed by atoms with Crippen molar-refractivity contribution < 1.29 is 14.6 Å². The Labute approximate surface area is 161 Å². The Hall–Kier alpha value is -2.39. The number of hydrogen-bond acceptors (Lipinski definition) is 3. The van der Waals surface area contributed by atoms with Crippen molar-refractivity contribution in [2.45, 2.75) is 56.7 Å². The molecule has 27 heavy (non-hydrogen) atoms. The second-order valence-electron chi connectivity index (χ2n) is 7.17. The largest absolute Gasteiger partial charge is 0.460 e. The molecule has 0 aliphatic heterocycles. The van der Waals surface area contributed by atoms with Gasteiger partial charge in [0.2, 0.25) is 0 Å². The van der Waals surface area contributed by atoms with Gasteiger partial charge in [-0.2, -0.15) is 0 Å². The van der Waals surface area contributed by atoms with E-state index in [9.17, 15) is 9.90 Å². The first kappa shape index (κ1) is 19.4. The zero-order valence-corrected chi connectivity index (χ0v) is 15.7. The fourth-order valence-corrected chi connectivity index (χ4v) is 3.74. The van der Waals surface area contributed by atoms with Gasteiger partial charge in [0.1, 0.15) is 6.10 Å². The van der Waals surface area contributed by atoms with Crippen LogP contribution < -0.4 is 0 Å². The molecule has 2 aromatic rings. The smallest absolute Gasteiger partial charge is 0.339 e. The van der Waals surface area contributed by atoms with Crippen LogP contribution >= 0.6 is 0 Å². The highest BCUT2D eigenvalue weighted by molar-refractivity contribution is 5.76. The lowest BCUT2D eigenvalue weighted by atomic mass is 9.81. The minimum absolute atomic E-state index is 0.152. The Morgan fingerprint density at radius 3 is 2.44 bits per heavy atom. The molecule has 0 radical (unpaired) electrons. The number of ether oxygens (including phenoxy) is 1. The molecule has 0 saturated heterocycles. The van der Waals surface area contributed by atoms with Gasteiger partial charge in [0, 0.05) is 5.92 Å². The Balaban J connectivity index is 1.51. The molecule has 0 heterocycles. The molecule has 142 valence electrons. The van der Waals surface area contributed by atoms with Crippen LogP contribution in [0.25, 0.3) is 0 Å². The van der Waals surface area contributed by atoms with Crippen molar-refractivity contribution in [3.63, 3.8) is 0 Å². The van der Waals surface area contributed by atoms with Gasteiger partial charge in [-0.1, -0.05) is 73.2 Å². The average Bonchev–Trinajstić information content (AvgIpc) is 2.73. The zero-order chi connectivity index (χ0) is 18.9. The fraction of sp³-hybridized carbons (Fsp3) is 0.375. The summed E-state index contributed by atoms with van der Waals surface area (Å²) < 4.78 is 5.70. The Morgan fingerprint density at radius 2 is 1.70 bits per heavy atom. The maximum atomic E-state index is 12.3. The summed E-state index contributed by atoms with van der Waals surface area (Å²) in [6.45, 7) is 0. The normalized spacial score (nSPS) is 21.1. The number of aliphatic hydroxyl groups excluding tert-OH is 1. The molecule has 1 saturated carbocycles. The number of hydrogen-bond donors (Lipinski definition) is 1. The van der Waals surface area contributed by atoms with Crippen LogP contribution in [0.2, 0.25) is 0 Å². The maximum absolute atomic E-state index is 12.3. The van der Waals surface area contributed by atoms with Crippen LogP contribution in [0.4, 0.5) is 0 Å². The van der Waals surface area contributed by atoms with E-state index in [4.69, 9.17) is 4.74 Å². The molecule has 0 spiro atoms. The fourth-order valence-electron chi connectivity index (χ4n) is 3.74. The molecule has 3 nitrogen and oxygen atoms in total. The summed E-state index contributed by atoms with van der Waals surface area (Å²) in [6.07, 6.45) is 7.81. The third kappa shape index (κ3) is 5.80. The minimum atomic E-state index is -1.20. The number of allylic oxidation sites excluding steroid dienone is 1. The van der Waals surface area contributed by atoms with Gasteiger partial charge in [-0.3, -0.25) is 0 Å². The van der Waals surface area contributed by atoms with Crippen molar-refractivity contribution in [3.8, 4) is 0 Å². The SMILES string of the molecule is O=C(O[C@@H]1CCCC[C@H]1c1ccccc1)[C@H](O)/C=C/CCc1ccccc1. The van der Waals surface area contributed by atoms with Crippen LogP contribution in [0.5, 0.6) is 0 Å². The number of carbonyl (C=O) groups is 1. The van der Waals surface area contributed by atoms with Gasteiger partial charge in [0.15, 0.2) is 6.10 Å². The number of carbonyl (C=O) groups excluding carboxylic acids is 1. The van der Waals surface area contributed by atoms with E-state index >= 15 is 0 Å². The second-order valence-corrected chi connectivity index (χ2v) is 7.17. The Morgan fingerprint density at radius 1 is 1.04 bits per heavy atom. The number of benzene rings is 2. The number of rotatable bonds is 7. The number of aliphatic hydroxyl groups is 1. The molecule has 0 unspecified atom stereocenters. The molecule has 1 aliphatic carbocycles. The van der Waals surface area contributed by atoms with Crippen molar-refractivity contribution in [1.82, 2.24) is 0 Å². The summed E-state index contributed by atoms with van der Waals surface area (Å²) in [4.78, 5) is 12.3. The molecule has 1 N–H and O–H groups in total. The van der Waals surface area contributed by atoms with Crippen LogP contribution in [-0.4, -0.2) is 23.3 Å². The van der Waals surface area contributed by atoms with Gasteiger partial charge in [-0.05, 0) is 49.3 Å². The van der Waals surface area contributed by atoms with E-state index < -0.39 is 12.1 Å². The van der Waals surface area contributed by atoms with Gasteiger partial charge in [-0.25, -0.2) is 4.79 Å². The first-order chi connectivity index (χ1) is 13.2. The Bertz CT molecular complexity index is 724. The van der Waals surface area contributed by atoms with Gasteiger partial charge < -0.3 is 9.84 Å². The minimum Gasteiger partial charge on any atom is -0.460 e. The van der Waals surface area contributed by atoms with Gasteiger partial charge in [-0.15, -0.1) is 0 Å². The standard InChI is InChI=1S/C24H28O3/c25-22(17-9-7-13-19-11-3-1-4-12-19)24(26)27-23-18-10-8-16-21(23)20-14-5-2-6-15-20/h1-6,9,11-12,14-15,17,21-23,25H,7-8,10,13,16,18H2/b17-9+/t21-,22+,23+/m0/s1. The Kier molecular flexibility index (Phi) is 7.23.